The number of aliphatic hydroxyl groups excluding tert-OH is 2. The van der Waals surface area contributed by atoms with Crippen molar-refractivity contribution in [3.63, 3.8) is 0 Å². The molecule has 1 aromatic heterocycles. The maximum absolute atomic E-state index is 12.4. The number of aliphatic hydroxyl groups is 3. The first-order chi connectivity index (χ1) is 19.9. The summed E-state index contributed by atoms with van der Waals surface area (Å²) >= 11 is 0. The van der Waals surface area contributed by atoms with Gasteiger partial charge < -0.3 is 39.6 Å². The van der Waals surface area contributed by atoms with Gasteiger partial charge in [-0.05, 0) is 31.5 Å². The molecule has 0 spiro atoms. The fraction of sp³-hybridized carbons (Fsp3) is 0.519. The Morgan fingerprint density at radius 1 is 1.17 bits per heavy atom. The number of hydrogen-bond acceptors (Lipinski definition) is 13. The lowest BCUT2D eigenvalue weighted by Gasteiger charge is -2.27. The van der Waals surface area contributed by atoms with Crippen molar-refractivity contribution in [2.45, 2.75) is 44.8 Å². The minimum absolute atomic E-state index is 0.0548. The molecular formula is C27H36N4O11. The third kappa shape index (κ3) is 8.56. The lowest BCUT2D eigenvalue weighted by molar-refractivity contribution is -0.144. The lowest BCUT2D eigenvalue weighted by atomic mass is 9.96. The number of aryl methyl sites for hydroxylation is 1. The second-order valence-corrected chi connectivity index (χ2v) is 10.0. The molecule has 1 aliphatic rings. The largest absolute Gasteiger partial charge is 0.464 e. The molecule has 1 aliphatic heterocycles. The number of nitrogens with one attached hydrogen (secondary N) is 2. The van der Waals surface area contributed by atoms with E-state index in [2.05, 4.69) is 15.6 Å². The van der Waals surface area contributed by atoms with Crippen LogP contribution in [-0.4, -0.2) is 100 Å². The fourth-order valence-electron chi connectivity index (χ4n) is 4.03. The highest BCUT2D eigenvalue weighted by Gasteiger charge is 2.53. The zero-order valence-corrected chi connectivity index (χ0v) is 23.5. The molecular weight excluding hydrogens is 556 g/mol. The number of anilines is 1. The first-order valence-corrected chi connectivity index (χ1v) is 13.2. The van der Waals surface area contributed by atoms with Crippen molar-refractivity contribution in [3.8, 4) is 0 Å². The van der Waals surface area contributed by atoms with Crippen LogP contribution < -0.4 is 16.3 Å². The van der Waals surface area contributed by atoms with Crippen LogP contribution in [-0.2, 0) is 23.7 Å². The number of rotatable bonds is 13. The van der Waals surface area contributed by atoms with E-state index in [4.69, 9.17) is 18.9 Å². The maximum atomic E-state index is 12.4. The number of hydrogen-bond donors (Lipinski definition) is 5. The Bertz CT molecular complexity index is 1300. The van der Waals surface area contributed by atoms with Gasteiger partial charge in [0.2, 0.25) is 0 Å². The van der Waals surface area contributed by atoms with Crippen molar-refractivity contribution in [1.29, 1.82) is 0 Å². The van der Waals surface area contributed by atoms with E-state index in [1.807, 2.05) is 19.1 Å². The highest BCUT2D eigenvalue weighted by atomic mass is 16.6. The van der Waals surface area contributed by atoms with E-state index >= 15 is 0 Å². The highest BCUT2D eigenvalue weighted by Crippen LogP contribution is 2.37. The summed E-state index contributed by atoms with van der Waals surface area (Å²) in [6.07, 6.45) is -3.54. The van der Waals surface area contributed by atoms with Crippen LogP contribution in [0, 0.1) is 12.8 Å². The lowest BCUT2D eigenvalue weighted by Crippen LogP contribution is -2.46. The molecule has 15 nitrogen and oxygen atoms in total. The van der Waals surface area contributed by atoms with E-state index in [1.165, 1.54) is 19.2 Å². The molecule has 1 amide bonds. The van der Waals surface area contributed by atoms with Gasteiger partial charge in [-0.2, -0.15) is 4.98 Å². The van der Waals surface area contributed by atoms with Crippen molar-refractivity contribution in [3.05, 3.63) is 58.1 Å². The Kier molecular flexibility index (Phi) is 11.5. The van der Waals surface area contributed by atoms with Gasteiger partial charge in [0.25, 0.3) is 0 Å². The molecule has 1 fully saturated rings. The normalized spacial score (nSPS) is 22.3. The molecule has 1 aromatic carbocycles. The van der Waals surface area contributed by atoms with E-state index in [1.54, 1.807) is 19.1 Å². The second-order valence-electron chi connectivity index (χ2n) is 10.0. The molecule has 0 aliphatic carbocycles. The SMILES string of the molecule is Cc1ccccc1C(=O)OCC(C)COC(=O)CNCCOC(=O)Nc1ccn([C@@H]2O[C@H](CO)[C@@H](O)[C@@]2(C)O)c(=O)n1. The minimum atomic E-state index is -1.87. The molecule has 0 radical (unpaired) electrons. The molecule has 15 heteroatoms. The first-order valence-electron chi connectivity index (χ1n) is 13.2. The number of nitrogens with zero attached hydrogens (tertiary/aromatic N) is 2. The summed E-state index contributed by atoms with van der Waals surface area (Å²) in [4.78, 5) is 52.3. The van der Waals surface area contributed by atoms with Crippen LogP contribution in [0.4, 0.5) is 10.6 Å². The van der Waals surface area contributed by atoms with Crippen LogP contribution in [0.15, 0.2) is 41.3 Å². The number of aromatic nitrogens is 2. The van der Waals surface area contributed by atoms with Crippen LogP contribution >= 0.6 is 0 Å². The smallest absolute Gasteiger partial charge is 0.412 e. The molecule has 230 valence electrons. The Hall–Kier alpha value is -3.89. The summed E-state index contributed by atoms with van der Waals surface area (Å²) in [6.45, 7) is 4.30. The van der Waals surface area contributed by atoms with Crippen LogP contribution in [0.25, 0.3) is 0 Å². The quantitative estimate of drug-likeness (QED) is 0.115. The molecule has 5 N–H and O–H groups in total. The van der Waals surface area contributed by atoms with Crippen molar-refractivity contribution >= 4 is 23.8 Å². The van der Waals surface area contributed by atoms with Gasteiger partial charge >= 0.3 is 23.7 Å². The van der Waals surface area contributed by atoms with E-state index in [0.717, 1.165) is 10.1 Å². The van der Waals surface area contributed by atoms with Gasteiger partial charge in [-0.15, -0.1) is 0 Å². The number of esters is 2. The van der Waals surface area contributed by atoms with Crippen molar-refractivity contribution in [2.75, 3.05) is 44.8 Å². The van der Waals surface area contributed by atoms with Gasteiger partial charge in [-0.3, -0.25) is 14.7 Å². The van der Waals surface area contributed by atoms with Gasteiger partial charge in [0, 0.05) is 18.7 Å². The van der Waals surface area contributed by atoms with Gasteiger partial charge in [0.15, 0.2) is 6.23 Å². The zero-order valence-electron chi connectivity index (χ0n) is 23.5. The molecule has 0 saturated carbocycles. The molecule has 5 atom stereocenters. The Morgan fingerprint density at radius 3 is 2.55 bits per heavy atom. The van der Waals surface area contributed by atoms with Gasteiger partial charge in [-0.25, -0.2) is 14.4 Å². The van der Waals surface area contributed by atoms with Crippen LogP contribution in [0.1, 0.15) is 36.0 Å². The summed E-state index contributed by atoms with van der Waals surface area (Å²) < 4.78 is 21.7. The monoisotopic (exact) mass is 592 g/mol. The van der Waals surface area contributed by atoms with E-state index in [9.17, 15) is 34.5 Å². The van der Waals surface area contributed by atoms with Crippen LogP contribution in [0.3, 0.4) is 0 Å². The van der Waals surface area contributed by atoms with E-state index < -0.39 is 54.4 Å². The molecule has 2 heterocycles. The summed E-state index contributed by atoms with van der Waals surface area (Å²) in [7, 11) is 0. The molecule has 0 bridgehead atoms. The topological polar surface area (TPSA) is 208 Å². The Morgan fingerprint density at radius 2 is 1.88 bits per heavy atom. The van der Waals surface area contributed by atoms with Crippen molar-refractivity contribution in [2.24, 2.45) is 5.92 Å². The Labute approximate surface area is 241 Å². The maximum Gasteiger partial charge on any atom is 0.412 e. The van der Waals surface area contributed by atoms with Gasteiger partial charge in [0.1, 0.15) is 30.2 Å². The standard InChI is InChI=1S/C27H36N4O11/c1-16(15-41-23(35)18-7-5-4-6-17(18)2)14-40-21(33)12-28-9-11-39-26(37)30-20-8-10-31(25(36)29-20)24-27(3,38)22(34)19(13-32)42-24/h4-8,10,16,19,22,24,28,32,34,38H,9,11-15H2,1-3H3,(H,29,30,36,37)/t16?,19-,22-,24-,27-/m1/s1. The average molecular weight is 593 g/mol. The predicted octanol–water partition coefficient (Wildman–Crippen LogP) is -0.272. The van der Waals surface area contributed by atoms with Crippen LogP contribution in [0.2, 0.25) is 0 Å². The van der Waals surface area contributed by atoms with Crippen molar-refractivity contribution in [1.82, 2.24) is 14.9 Å². The summed E-state index contributed by atoms with van der Waals surface area (Å²) in [5.74, 6) is -1.33. The number of ether oxygens (including phenoxy) is 4. The molecule has 1 saturated heterocycles. The van der Waals surface area contributed by atoms with E-state index in [0.29, 0.717) is 5.56 Å². The number of benzene rings is 1. The van der Waals surface area contributed by atoms with Crippen molar-refractivity contribution < 1.29 is 48.7 Å². The zero-order chi connectivity index (χ0) is 30.9. The third-order valence-electron chi connectivity index (χ3n) is 6.42. The third-order valence-corrected chi connectivity index (χ3v) is 6.42. The number of amides is 1. The van der Waals surface area contributed by atoms with Gasteiger partial charge in [0.05, 0.1) is 31.9 Å². The average Bonchev–Trinajstić information content (AvgIpc) is 3.18. The summed E-state index contributed by atoms with van der Waals surface area (Å²) in [6, 6.07) is 8.33. The van der Waals surface area contributed by atoms with Crippen LogP contribution in [0.5, 0.6) is 0 Å². The molecule has 3 rings (SSSR count). The first kappa shape index (κ1) is 32.6. The van der Waals surface area contributed by atoms with Gasteiger partial charge in [-0.1, -0.05) is 25.1 Å². The predicted molar refractivity (Wildman–Crippen MR) is 146 cm³/mol. The molecule has 1 unspecified atom stereocenters. The minimum Gasteiger partial charge on any atom is -0.464 e. The summed E-state index contributed by atoms with van der Waals surface area (Å²) in [5.41, 5.74) is -1.47. The Balaban J connectivity index is 1.31. The molecule has 2 aromatic rings. The summed E-state index contributed by atoms with van der Waals surface area (Å²) in [5, 5.41) is 35.0. The highest BCUT2D eigenvalue weighted by molar-refractivity contribution is 5.90. The fourth-order valence-corrected chi connectivity index (χ4v) is 4.03. The molecule has 42 heavy (non-hydrogen) atoms. The second kappa shape index (κ2) is 14.8. The van der Waals surface area contributed by atoms with E-state index in [-0.39, 0.29) is 44.6 Å². The number of carbonyl (C=O) groups excluding carboxylic acids is 3. The number of carbonyl (C=O) groups is 3.